The molecular weight excluding hydrogens is 592 g/mol. The fourth-order valence-electron chi connectivity index (χ4n) is 3.72. The van der Waals surface area contributed by atoms with Crippen LogP contribution in [-0.2, 0) is 9.59 Å². The maximum atomic E-state index is 13.2. The summed E-state index contributed by atoms with van der Waals surface area (Å²) in [5, 5.41) is 2.64. The van der Waals surface area contributed by atoms with Crippen molar-refractivity contribution in [1.29, 1.82) is 0 Å². The average Bonchev–Trinajstić information content (AvgIpc) is 2.91. The quantitative estimate of drug-likeness (QED) is 0.179. The fraction of sp³-hybridized carbons (Fsp3) is 0.179. The van der Waals surface area contributed by atoms with Crippen molar-refractivity contribution < 1.29 is 33.3 Å². The average molecular weight is 616 g/mol. The van der Waals surface area contributed by atoms with Crippen molar-refractivity contribution in [2.45, 2.75) is 6.92 Å². The summed E-state index contributed by atoms with van der Waals surface area (Å²) in [6.07, 6.45) is 1.38. The zero-order valence-electron chi connectivity index (χ0n) is 21.0. The normalized spacial score (nSPS) is 14.3. The topological polar surface area (TPSA) is 103 Å². The Bertz CT molecular complexity index is 1430. The highest BCUT2D eigenvalue weighted by Crippen LogP contribution is 2.38. The lowest BCUT2D eigenvalue weighted by Gasteiger charge is -2.26. The van der Waals surface area contributed by atoms with E-state index in [2.05, 4.69) is 21.2 Å². The smallest absolute Gasteiger partial charge is 0.335 e. The predicted molar refractivity (Wildman–Crippen MR) is 150 cm³/mol. The number of hydrogen-bond acceptors (Lipinski definition) is 7. The van der Waals surface area contributed by atoms with E-state index in [0.29, 0.717) is 44.7 Å². The van der Waals surface area contributed by atoms with Crippen molar-refractivity contribution in [2.75, 3.05) is 31.8 Å². The number of halogens is 2. The third kappa shape index (κ3) is 6.71. The van der Waals surface area contributed by atoms with Gasteiger partial charge in [0.25, 0.3) is 11.8 Å². The third-order valence-electron chi connectivity index (χ3n) is 5.47. The summed E-state index contributed by atoms with van der Waals surface area (Å²) in [5.74, 6) is 0.588. The molecule has 1 saturated heterocycles. The molecule has 0 saturated carbocycles. The van der Waals surface area contributed by atoms with E-state index >= 15 is 0 Å². The molecule has 1 aliphatic rings. The number of rotatable bonds is 10. The highest BCUT2D eigenvalue weighted by Gasteiger charge is 2.36. The second-order valence-electron chi connectivity index (χ2n) is 8.07. The molecule has 11 heteroatoms. The van der Waals surface area contributed by atoms with Gasteiger partial charge < -0.3 is 18.9 Å². The van der Waals surface area contributed by atoms with Crippen molar-refractivity contribution in [1.82, 2.24) is 5.32 Å². The number of amides is 4. The first-order valence-corrected chi connectivity index (χ1v) is 13.0. The lowest BCUT2D eigenvalue weighted by molar-refractivity contribution is -0.122. The summed E-state index contributed by atoms with van der Waals surface area (Å²) >= 11 is 9.41. The van der Waals surface area contributed by atoms with Gasteiger partial charge >= 0.3 is 6.03 Å². The second kappa shape index (κ2) is 12.7. The van der Waals surface area contributed by atoms with Crippen LogP contribution in [0, 0.1) is 0 Å². The molecule has 0 bridgehead atoms. The van der Waals surface area contributed by atoms with Crippen LogP contribution in [0.1, 0.15) is 12.5 Å². The zero-order chi connectivity index (χ0) is 27.9. The summed E-state index contributed by atoms with van der Waals surface area (Å²) in [6.45, 7) is 2.65. The Morgan fingerprint density at radius 3 is 2.38 bits per heavy atom. The Morgan fingerprint density at radius 1 is 0.949 bits per heavy atom. The van der Waals surface area contributed by atoms with Gasteiger partial charge in [-0.1, -0.05) is 17.7 Å². The first-order valence-electron chi connectivity index (χ1n) is 11.8. The molecule has 202 valence electrons. The molecule has 9 nitrogen and oxygen atoms in total. The van der Waals surface area contributed by atoms with E-state index < -0.39 is 17.8 Å². The number of carbonyl (C=O) groups is 3. The fourth-order valence-corrected chi connectivity index (χ4v) is 4.42. The Kier molecular flexibility index (Phi) is 9.11. The van der Waals surface area contributed by atoms with E-state index in [1.54, 1.807) is 37.4 Å². The minimum Gasteiger partial charge on any atom is -0.497 e. The molecule has 39 heavy (non-hydrogen) atoms. The summed E-state index contributed by atoms with van der Waals surface area (Å²) in [4.78, 5) is 39.1. The molecule has 0 atom stereocenters. The van der Waals surface area contributed by atoms with Gasteiger partial charge in [-0.3, -0.25) is 14.9 Å². The van der Waals surface area contributed by atoms with E-state index in [9.17, 15) is 14.4 Å². The molecule has 0 aliphatic carbocycles. The van der Waals surface area contributed by atoms with Crippen LogP contribution in [0.5, 0.6) is 23.0 Å². The van der Waals surface area contributed by atoms with E-state index in [-0.39, 0.29) is 24.5 Å². The van der Waals surface area contributed by atoms with Gasteiger partial charge in [0.15, 0.2) is 11.5 Å². The number of methoxy groups -OCH3 is 1. The van der Waals surface area contributed by atoms with Crippen molar-refractivity contribution in [3.8, 4) is 23.0 Å². The standard InChI is InChI=1S/C28H24BrClN2O7/c1-3-37-24-15-17(14-23(29)25(24)39-12-11-38-21-6-4-5-20(16-21)36-2)13-22-26(33)31-28(35)32(27(22)34)19-9-7-18(30)8-10-19/h4-10,13-16H,3,11-12H2,1-2H3,(H,31,33,35)/b22-13-. The number of benzene rings is 3. The van der Waals surface area contributed by atoms with E-state index in [0.717, 1.165) is 4.90 Å². The molecule has 1 fully saturated rings. The summed E-state index contributed by atoms with van der Waals surface area (Å²) < 4.78 is 23.1. The maximum absolute atomic E-state index is 13.2. The van der Waals surface area contributed by atoms with Crippen molar-refractivity contribution in [2.24, 2.45) is 0 Å². The van der Waals surface area contributed by atoms with Crippen LogP contribution in [0.25, 0.3) is 6.08 Å². The first kappa shape index (κ1) is 28.0. The molecule has 3 aromatic carbocycles. The minimum atomic E-state index is -0.847. The van der Waals surface area contributed by atoms with Gasteiger partial charge in [0.1, 0.15) is 30.3 Å². The van der Waals surface area contributed by atoms with Crippen LogP contribution in [-0.4, -0.2) is 44.8 Å². The predicted octanol–water partition coefficient (Wildman–Crippen LogP) is 5.63. The molecule has 4 rings (SSSR count). The molecule has 1 N–H and O–H groups in total. The molecule has 1 aliphatic heterocycles. The number of anilines is 1. The number of nitrogens with one attached hydrogen (secondary N) is 1. The Balaban J connectivity index is 1.53. The number of urea groups is 1. The van der Waals surface area contributed by atoms with Gasteiger partial charge in [0.05, 0.1) is 23.9 Å². The van der Waals surface area contributed by atoms with Crippen molar-refractivity contribution in [3.63, 3.8) is 0 Å². The molecule has 0 unspecified atom stereocenters. The molecule has 0 aromatic heterocycles. The van der Waals surface area contributed by atoms with Crippen molar-refractivity contribution >= 4 is 57.1 Å². The van der Waals surface area contributed by atoms with Crippen LogP contribution in [0.2, 0.25) is 5.02 Å². The zero-order valence-corrected chi connectivity index (χ0v) is 23.4. The molecule has 0 radical (unpaired) electrons. The number of carbonyl (C=O) groups excluding carboxylic acids is 3. The van der Waals surface area contributed by atoms with Gasteiger partial charge in [0, 0.05) is 11.1 Å². The monoisotopic (exact) mass is 614 g/mol. The van der Waals surface area contributed by atoms with Crippen LogP contribution in [0.4, 0.5) is 10.5 Å². The largest absolute Gasteiger partial charge is 0.497 e. The Morgan fingerprint density at radius 2 is 1.67 bits per heavy atom. The number of nitrogens with zero attached hydrogens (tertiary/aromatic N) is 1. The Hall–Kier alpha value is -4.02. The summed E-state index contributed by atoms with van der Waals surface area (Å²) in [5.41, 5.74) is 0.532. The molecule has 4 amide bonds. The minimum absolute atomic E-state index is 0.218. The lowest BCUT2D eigenvalue weighted by atomic mass is 10.1. The number of ether oxygens (including phenoxy) is 4. The SMILES string of the molecule is CCOc1cc(/C=C2/C(=O)NC(=O)N(c3ccc(Cl)cc3)C2=O)cc(Br)c1OCCOc1cccc(OC)c1. The highest BCUT2D eigenvalue weighted by atomic mass is 79.9. The maximum Gasteiger partial charge on any atom is 0.335 e. The molecular formula is C28H24BrClN2O7. The van der Waals surface area contributed by atoms with Crippen LogP contribution in [0.15, 0.2) is 70.7 Å². The van der Waals surface area contributed by atoms with Gasteiger partial charge in [-0.25, -0.2) is 9.69 Å². The lowest BCUT2D eigenvalue weighted by Crippen LogP contribution is -2.54. The van der Waals surface area contributed by atoms with Gasteiger partial charge in [-0.2, -0.15) is 0 Å². The molecule has 0 spiro atoms. The first-order chi connectivity index (χ1) is 18.8. The summed E-state index contributed by atoms with van der Waals surface area (Å²) in [6, 6.07) is 15.8. The van der Waals surface area contributed by atoms with E-state index in [4.69, 9.17) is 30.5 Å². The van der Waals surface area contributed by atoms with Gasteiger partial charge in [0.2, 0.25) is 0 Å². The third-order valence-corrected chi connectivity index (χ3v) is 6.31. The number of hydrogen-bond donors (Lipinski definition) is 1. The molecule has 1 heterocycles. The summed E-state index contributed by atoms with van der Waals surface area (Å²) in [7, 11) is 1.58. The van der Waals surface area contributed by atoms with E-state index in [1.165, 1.54) is 18.2 Å². The molecule has 3 aromatic rings. The second-order valence-corrected chi connectivity index (χ2v) is 9.36. The van der Waals surface area contributed by atoms with E-state index in [1.807, 2.05) is 25.1 Å². The highest BCUT2D eigenvalue weighted by molar-refractivity contribution is 9.10. The van der Waals surface area contributed by atoms with Gasteiger partial charge in [-0.05, 0) is 83.0 Å². The van der Waals surface area contributed by atoms with Crippen LogP contribution < -0.4 is 29.2 Å². The number of imide groups is 2. The van der Waals surface area contributed by atoms with Crippen LogP contribution in [0.3, 0.4) is 0 Å². The van der Waals surface area contributed by atoms with Gasteiger partial charge in [-0.15, -0.1) is 0 Å². The number of barbiturate groups is 1. The Labute approximate surface area is 238 Å². The van der Waals surface area contributed by atoms with Crippen LogP contribution >= 0.6 is 27.5 Å². The van der Waals surface area contributed by atoms with Crippen molar-refractivity contribution in [3.05, 3.63) is 81.3 Å².